The van der Waals surface area contributed by atoms with Crippen molar-refractivity contribution in [3.63, 3.8) is 0 Å². The van der Waals surface area contributed by atoms with Crippen LogP contribution in [-0.2, 0) is 0 Å². The SMILES string of the molecule is CCCCCN(C(=O)N(CC(C)C)C(=N)N)c1c(C)cccc1C. The van der Waals surface area contributed by atoms with Crippen LogP contribution in [0.4, 0.5) is 10.5 Å². The fourth-order valence-corrected chi connectivity index (χ4v) is 2.84. The van der Waals surface area contributed by atoms with Crippen LogP contribution < -0.4 is 10.6 Å². The first-order chi connectivity index (χ1) is 11.3. The number of rotatable bonds is 7. The largest absolute Gasteiger partial charge is 0.370 e. The van der Waals surface area contributed by atoms with Crippen LogP contribution in [-0.4, -0.2) is 30.0 Å². The normalized spacial score (nSPS) is 10.8. The number of hydrogen-bond donors (Lipinski definition) is 2. The summed E-state index contributed by atoms with van der Waals surface area (Å²) in [6.07, 6.45) is 3.10. The number of hydrogen-bond acceptors (Lipinski definition) is 2. The summed E-state index contributed by atoms with van der Waals surface area (Å²) in [4.78, 5) is 16.3. The van der Waals surface area contributed by atoms with Crippen LogP contribution in [0, 0.1) is 25.2 Å². The maximum atomic E-state index is 13.2. The molecule has 24 heavy (non-hydrogen) atoms. The lowest BCUT2D eigenvalue weighted by Crippen LogP contribution is -2.51. The van der Waals surface area contributed by atoms with Crippen LogP contribution in [0.2, 0.25) is 0 Å². The van der Waals surface area contributed by atoms with Crippen molar-refractivity contribution in [3.05, 3.63) is 29.3 Å². The smallest absolute Gasteiger partial charge is 0.331 e. The second-order valence-corrected chi connectivity index (χ2v) is 6.77. The van der Waals surface area contributed by atoms with Gasteiger partial charge in [0.15, 0.2) is 5.96 Å². The number of urea groups is 1. The summed E-state index contributed by atoms with van der Waals surface area (Å²) < 4.78 is 0. The molecule has 1 aromatic carbocycles. The Balaban J connectivity index is 3.21. The minimum absolute atomic E-state index is 0.194. The molecule has 0 spiro atoms. The molecule has 0 aliphatic heterocycles. The lowest BCUT2D eigenvalue weighted by molar-refractivity contribution is 0.222. The molecule has 0 radical (unpaired) electrons. The summed E-state index contributed by atoms with van der Waals surface area (Å²) in [7, 11) is 0. The molecule has 134 valence electrons. The van der Waals surface area contributed by atoms with Crippen molar-refractivity contribution in [2.24, 2.45) is 11.7 Å². The molecule has 2 amide bonds. The number of unbranched alkanes of at least 4 members (excludes halogenated alkanes) is 2. The number of guanidine groups is 1. The molecule has 0 saturated carbocycles. The summed E-state index contributed by atoms with van der Waals surface area (Å²) in [6, 6.07) is 5.83. The summed E-state index contributed by atoms with van der Waals surface area (Å²) in [6.45, 7) is 11.3. The zero-order valence-electron chi connectivity index (χ0n) is 15.7. The maximum Gasteiger partial charge on any atom is 0.331 e. The van der Waals surface area contributed by atoms with E-state index in [1.807, 2.05) is 45.9 Å². The number of para-hydroxylation sites is 1. The Morgan fingerprint density at radius 3 is 2.25 bits per heavy atom. The number of aryl methyl sites for hydroxylation is 2. The van der Waals surface area contributed by atoms with Crippen molar-refractivity contribution < 1.29 is 4.79 Å². The van der Waals surface area contributed by atoms with Crippen LogP contribution in [0.3, 0.4) is 0 Å². The number of nitrogens with one attached hydrogen (secondary N) is 1. The van der Waals surface area contributed by atoms with Crippen molar-refractivity contribution in [1.29, 1.82) is 5.41 Å². The van der Waals surface area contributed by atoms with E-state index in [0.29, 0.717) is 13.1 Å². The molecule has 0 bridgehead atoms. The fraction of sp³-hybridized carbons (Fsp3) is 0.579. The highest BCUT2D eigenvalue weighted by molar-refractivity contribution is 6.03. The number of carbonyl (C=O) groups is 1. The fourth-order valence-electron chi connectivity index (χ4n) is 2.84. The molecule has 0 atom stereocenters. The standard InChI is InChI=1S/C19H32N4O/c1-6-7-8-12-22(17-15(4)10-9-11-16(17)5)19(24)23(18(20)21)13-14(2)3/h9-11,14H,6-8,12-13H2,1-5H3,(H3,20,21). The van der Waals surface area contributed by atoms with Crippen LogP contribution in [0.25, 0.3) is 0 Å². The van der Waals surface area contributed by atoms with Gasteiger partial charge >= 0.3 is 6.03 Å². The van der Waals surface area contributed by atoms with Crippen molar-refractivity contribution in [3.8, 4) is 0 Å². The Bertz CT molecular complexity index is 548. The zero-order valence-corrected chi connectivity index (χ0v) is 15.7. The van der Waals surface area contributed by atoms with E-state index in [9.17, 15) is 4.79 Å². The highest BCUT2D eigenvalue weighted by Crippen LogP contribution is 2.26. The van der Waals surface area contributed by atoms with Crippen LogP contribution in [0.1, 0.15) is 51.2 Å². The lowest BCUT2D eigenvalue weighted by atomic mass is 10.1. The quantitative estimate of drug-likeness (QED) is 0.444. The van der Waals surface area contributed by atoms with Gasteiger partial charge in [0.2, 0.25) is 0 Å². The molecule has 0 aromatic heterocycles. The van der Waals surface area contributed by atoms with Gasteiger partial charge in [-0.05, 0) is 37.3 Å². The first-order valence-electron chi connectivity index (χ1n) is 8.78. The lowest BCUT2D eigenvalue weighted by Gasteiger charge is -2.32. The predicted octanol–water partition coefficient (Wildman–Crippen LogP) is 4.27. The topological polar surface area (TPSA) is 73.4 Å². The molecule has 0 aliphatic carbocycles. The van der Waals surface area contributed by atoms with Crippen molar-refractivity contribution in [2.45, 2.75) is 53.9 Å². The number of benzene rings is 1. The van der Waals surface area contributed by atoms with Crippen LogP contribution in [0.5, 0.6) is 0 Å². The highest BCUT2D eigenvalue weighted by Gasteiger charge is 2.26. The second-order valence-electron chi connectivity index (χ2n) is 6.77. The third kappa shape index (κ3) is 5.25. The van der Waals surface area contributed by atoms with Gasteiger partial charge < -0.3 is 5.73 Å². The molecule has 1 aromatic rings. The van der Waals surface area contributed by atoms with Gasteiger partial charge in [-0.25, -0.2) is 4.79 Å². The van der Waals surface area contributed by atoms with Crippen molar-refractivity contribution in [1.82, 2.24) is 4.90 Å². The maximum absolute atomic E-state index is 13.2. The van der Waals surface area contributed by atoms with Gasteiger partial charge in [-0.15, -0.1) is 0 Å². The molecular formula is C19H32N4O. The number of nitrogens with zero attached hydrogens (tertiary/aromatic N) is 2. The minimum atomic E-state index is -0.204. The van der Waals surface area contributed by atoms with E-state index in [2.05, 4.69) is 6.92 Å². The average Bonchev–Trinajstić information content (AvgIpc) is 2.50. The second kappa shape index (κ2) is 9.30. The molecule has 5 heteroatoms. The predicted molar refractivity (Wildman–Crippen MR) is 102 cm³/mol. The van der Waals surface area contributed by atoms with E-state index in [1.54, 1.807) is 4.90 Å². The summed E-state index contributed by atoms with van der Waals surface area (Å²) in [5.74, 6) is 0.0498. The van der Waals surface area contributed by atoms with Gasteiger partial charge in [0, 0.05) is 13.1 Å². The third-order valence-corrected chi connectivity index (χ3v) is 4.00. The number of amides is 2. The summed E-state index contributed by atoms with van der Waals surface area (Å²) in [5, 5.41) is 7.81. The highest BCUT2D eigenvalue weighted by atomic mass is 16.2. The van der Waals surface area contributed by atoms with E-state index in [0.717, 1.165) is 36.1 Å². The molecule has 0 fully saturated rings. The van der Waals surface area contributed by atoms with Gasteiger partial charge in [-0.1, -0.05) is 51.8 Å². The number of anilines is 1. The van der Waals surface area contributed by atoms with Crippen LogP contribution >= 0.6 is 0 Å². The summed E-state index contributed by atoms with van der Waals surface area (Å²) in [5.41, 5.74) is 8.76. The minimum Gasteiger partial charge on any atom is -0.370 e. The van der Waals surface area contributed by atoms with E-state index in [1.165, 1.54) is 4.90 Å². The van der Waals surface area contributed by atoms with E-state index < -0.39 is 0 Å². The molecule has 3 N–H and O–H groups in total. The van der Waals surface area contributed by atoms with Crippen molar-refractivity contribution >= 4 is 17.7 Å². The molecule has 0 heterocycles. The van der Waals surface area contributed by atoms with E-state index >= 15 is 0 Å². The third-order valence-electron chi connectivity index (χ3n) is 4.00. The first-order valence-corrected chi connectivity index (χ1v) is 8.78. The van der Waals surface area contributed by atoms with Gasteiger partial charge in [0.1, 0.15) is 0 Å². The molecule has 0 saturated heterocycles. The van der Waals surface area contributed by atoms with Gasteiger partial charge in [0.25, 0.3) is 0 Å². The first kappa shape index (κ1) is 20.0. The summed E-state index contributed by atoms with van der Waals surface area (Å²) >= 11 is 0. The molecular weight excluding hydrogens is 300 g/mol. The van der Waals surface area contributed by atoms with E-state index in [4.69, 9.17) is 11.1 Å². The molecule has 5 nitrogen and oxygen atoms in total. The average molecular weight is 332 g/mol. The molecule has 0 unspecified atom stereocenters. The molecule has 1 rings (SSSR count). The van der Waals surface area contributed by atoms with Gasteiger partial charge in [0.05, 0.1) is 5.69 Å². The van der Waals surface area contributed by atoms with Gasteiger partial charge in [-0.3, -0.25) is 15.2 Å². The number of carbonyl (C=O) groups excluding carboxylic acids is 1. The Kier molecular flexibility index (Phi) is 7.75. The Morgan fingerprint density at radius 2 is 1.79 bits per heavy atom. The zero-order chi connectivity index (χ0) is 18.3. The van der Waals surface area contributed by atoms with E-state index in [-0.39, 0.29) is 17.9 Å². The Labute approximate surface area is 146 Å². The molecule has 0 aliphatic rings. The van der Waals surface area contributed by atoms with Crippen LogP contribution in [0.15, 0.2) is 18.2 Å². The Morgan fingerprint density at radius 1 is 1.21 bits per heavy atom. The van der Waals surface area contributed by atoms with Crippen molar-refractivity contribution in [2.75, 3.05) is 18.0 Å². The Hall–Kier alpha value is -2.04. The monoisotopic (exact) mass is 332 g/mol. The van der Waals surface area contributed by atoms with Gasteiger partial charge in [-0.2, -0.15) is 0 Å². The number of nitrogens with two attached hydrogens (primary N) is 1.